The summed E-state index contributed by atoms with van der Waals surface area (Å²) in [7, 11) is 1.60. The van der Waals surface area contributed by atoms with Gasteiger partial charge >= 0.3 is 0 Å². The van der Waals surface area contributed by atoms with E-state index in [4.69, 9.17) is 16.3 Å². The molecule has 7 heteroatoms. The van der Waals surface area contributed by atoms with Crippen LogP contribution in [0.3, 0.4) is 0 Å². The average molecular weight is 332 g/mol. The van der Waals surface area contributed by atoms with Gasteiger partial charge in [-0.05, 0) is 31.5 Å². The van der Waals surface area contributed by atoms with Gasteiger partial charge in [-0.15, -0.1) is 0 Å². The van der Waals surface area contributed by atoms with Crippen molar-refractivity contribution in [2.45, 2.75) is 26.7 Å². The van der Waals surface area contributed by atoms with Gasteiger partial charge in [0.05, 0.1) is 12.1 Å². The topological polar surface area (TPSA) is 64.3 Å². The molecule has 0 aliphatic heterocycles. The third-order valence-corrected chi connectivity index (χ3v) is 3.94. The molecule has 0 saturated heterocycles. The zero-order chi connectivity index (χ0) is 16.4. The van der Waals surface area contributed by atoms with Crippen molar-refractivity contribution in [1.82, 2.24) is 19.6 Å². The molecule has 6 nitrogen and oxygen atoms in total. The molecule has 0 amide bonds. The third kappa shape index (κ3) is 2.94. The molecule has 23 heavy (non-hydrogen) atoms. The average Bonchev–Trinajstić information content (AvgIpc) is 2.99. The summed E-state index contributed by atoms with van der Waals surface area (Å²) in [4.78, 5) is 8.69. The number of rotatable bonds is 5. The largest absolute Gasteiger partial charge is 0.495 e. The smallest absolute Gasteiger partial charge is 0.254 e. The van der Waals surface area contributed by atoms with Gasteiger partial charge in [0, 0.05) is 16.9 Å². The molecule has 0 aliphatic carbocycles. The standard InChI is InChI=1S/C16H18ClN5O/c1-4-5-12-10(2)20-16-18-9-19-22(16)15(12)21-11-6-7-14(23-3)13(17)8-11/h6-9,21H,4-5H2,1-3H3. The van der Waals surface area contributed by atoms with E-state index in [0.29, 0.717) is 16.5 Å². The number of ether oxygens (including phenoxy) is 1. The van der Waals surface area contributed by atoms with Crippen molar-refractivity contribution in [3.8, 4) is 5.75 Å². The summed E-state index contributed by atoms with van der Waals surface area (Å²) in [5, 5.41) is 8.23. The van der Waals surface area contributed by atoms with E-state index < -0.39 is 0 Å². The normalized spacial score (nSPS) is 11.0. The van der Waals surface area contributed by atoms with Gasteiger partial charge in [-0.2, -0.15) is 14.6 Å². The predicted molar refractivity (Wildman–Crippen MR) is 90.8 cm³/mol. The van der Waals surface area contributed by atoms with E-state index in [1.807, 2.05) is 25.1 Å². The van der Waals surface area contributed by atoms with E-state index in [2.05, 4.69) is 27.3 Å². The van der Waals surface area contributed by atoms with Crippen molar-refractivity contribution in [3.05, 3.63) is 40.8 Å². The molecule has 2 aromatic heterocycles. The van der Waals surface area contributed by atoms with E-state index in [-0.39, 0.29) is 0 Å². The van der Waals surface area contributed by atoms with Gasteiger partial charge in [-0.25, -0.2) is 4.98 Å². The van der Waals surface area contributed by atoms with Gasteiger partial charge in [0.2, 0.25) is 0 Å². The quantitative estimate of drug-likeness (QED) is 0.770. The molecule has 0 spiro atoms. The molecular formula is C16H18ClN5O. The maximum absolute atomic E-state index is 6.21. The second kappa shape index (κ2) is 6.42. The first-order valence-corrected chi connectivity index (χ1v) is 7.81. The third-order valence-electron chi connectivity index (χ3n) is 3.65. The van der Waals surface area contributed by atoms with E-state index in [1.165, 1.54) is 6.33 Å². The lowest BCUT2D eigenvalue weighted by Crippen LogP contribution is -2.08. The first kappa shape index (κ1) is 15.6. The zero-order valence-electron chi connectivity index (χ0n) is 13.3. The number of hydrogen-bond acceptors (Lipinski definition) is 5. The maximum atomic E-state index is 6.21. The highest BCUT2D eigenvalue weighted by Gasteiger charge is 2.14. The zero-order valence-corrected chi connectivity index (χ0v) is 14.1. The Hall–Kier alpha value is -2.34. The Morgan fingerprint density at radius 2 is 2.17 bits per heavy atom. The van der Waals surface area contributed by atoms with Crippen LogP contribution in [0.25, 0.3) is 5.78 Å². The molecule has 0 aliphatic rings. The molecule has 0 unspecified atom stereocenters. The molecule has 3 rings (SSSR count). The van der Waals surface area contributed by atoms with Crippen molar-refractivity contribution in [3.63, 3.8) is 0 Å². The monoisotopic (exact) mass is 331 g/mol. The van der Waals surface area contributed by atoms with Crippen molar-refractivity contribution in [2.75, 3.05) is 12.4 Å². The van der Waals surface area contributed by atoms with Crippen LogP contribution in [0.15, 0.2) is 24.5 Å². The number of hydrogen-bond donors (Lipinski definition) is 1. The van der Waals surface area contributed by atoms with E-state index in [9.17, 15) is 0 Å². The minimum Gasteiger partial charge on any atom is -0.495 e. The van der Waals surface area contributed by atoms with Crippen molar-refractivity contribution < 1.29 is 4.74 Å². The van der Waals surface area contributed by atoms with Crippen LogP contribution in [0.5, 0.6) is 5.75 Å². The summed E-state index contributed by atoms with van der Waals surface area (Å²) in [6.07, 6.45) is 3.42. The fraction of sp³-hybridized carbons (Fsp3) is 0.312. The molecule has 3 aromatic rings. The summed E-state index contributed by atoms with van der Waals surface area (Å²) < 4.78 is 6.91. The number of aromatic nitrogens is 4. The second-order valence-corrected chi connectivity index (χ2v) is 5.63. The van der Waals surface area contributed by atoms with Gasteiger partial charge in [-0.3, -0.25) is 0 Å². The number of nitrogens with zero attached hydrogens (tertiary/aromatic N) is 4. The Balaban J connectivity index is 2.09. The fourth-order valence-corrected chi connectivity index (χ4v) is 2.80. The van der Waals surface area contributed by atoms with Crippen LogP contribution in [0.4, 0.5) is 11.5 Å². The van der Waals surface area contributed by atoms with Crippen molar-refractivity contribution in [1.29, 1.82) is 0 Å². The van der Waals surface area contributed by atoms with Gasteiger partial charge in [0.15, 0.2) is 0 Å². The Labute approximate surface area is 139 Å². The van der Waals surface area contributed by atoms with Gasteiger partial charge < -0.3 is 10.1 Å². The molecule has 0 bridgehead atoms. The van der Waals surface area contributed by atoms with Crippen LogP contribution in [0, 0.1) is 6.92 Å². The van der Waals surface area contributed by atoms with Crippen LogP contribution < -0.4 is 10.1 Å². The molecule has 1 aromatic carbocycles. The van der Waals surface area contributed by atoms with E-state index in [0.717, 1.165) is 35.6 Å². The highest BCUT2D eigenvalue weighted by molar-refractivity contribution is 6.32. The van der Waals surface area contributed by atoms with Gasteiger partial charge in [-0.1, -0.05) is 24.9 Å². The Morgan fingerprint density at radius 1 is 1.35 bits per heavy atom. The highest BCUT2D eigenvalue weighted by Crippen LogP contribution is 2.30. The van der Waals surface area contributed by atoms with Crippen LogP contribution in [0.1, 0.15) is 24.6 Å². The number of anilines is 2. The number of nitrogens with one attached hydrogen (secondary N) is 1. The Morgan fingerprint density at radius 3 is 2.87 bits per heavy atom. The van der Waals surface area contributed by atoms with E-state index in [1.54, 1.807) is 11.6 Å². The number of fused-ring (bicyclic) bond motifs is 1. The molecular weight excluding hydrogens is 314 g/mol. The molecule has 0 saturated carbocycles. The maximum Gasteiger partial charge on any atom is 0.254 e. The first-order valence-electron chi connectivity index (χ1n) is 7.43. The number of aryl methyl sites for hydroxylation is 1. The highest BCUT2D eigenvalue weighted by atomic mass is 35.5. The summed E-state index contributed by atoms with van der Waals surface area (Å²) in [5.41, 5.74) is 2.93. The predicted octanol–water partition coefficient (Wildman–Crippen LogP) is 3.79. The lowest BCUT2D eigenvalue weighted by atomic mass is 10.1. The second-order valence-electron chi connectivity index (χ2n) is 5.22. The van der Waals surface area contributed by atoms with Crippen LogP contribution in [-0.2, 0) is 6.42 Å². The summed E-state index contributed by atoms with van der Waals surface area (Å²) in [5.74, 6) is 2.08. The van der Waals surface area contributed by atoms with Crippen molar-refractivity contribution >= 4 is 28.9 Å². The molecule has 120 valence electrons. The van der Waals surface area contributed by atoms with Crippen LogP contribution >= 0.6 is 11.6 Å². The summed E-state index contributed by atoms with van der Waals surface area (Å²) in [6.45, 7) is 4.13. The molecule has 0 radical (unpaired) electrons. The Kier molecular flexibility index (Phi) is 4.34. The van der Waals surface area contributed by atoms with Gasteiger partial charge in [0.25, 0.3) is 5.78 Å². The minimum atomic E-state index is 0.551. The minimum absolute atomic E-state index is 0.551. The SMILES string of the molecule is CCCc1c(C)nc2ncnn2c1Nc1ccc(OC)c(Cl)c1. The van der Waals surface area contributed by atoms with Gasteiger partial charge in [0.1, 0.15) is 17.9 Å². The lowest BCUT2D eigenvalue weighted by molar-refractivity contribution is 0.415. The molecule has 1 N–H and O–H groups in total. The fourth-order valence-electron chi connectivity index (χ4n) is 2.54. The lowest BCUT2D eigenvalue weighted by Gasteiger charge is -2.15. The molecule has 0 atom stereocenters. The van der Waals surface area contributed by atoms with E-state index >= 15 is 0 Å². The molecule has 2 heterocycles. The number of methoxy groups -OCH3 is 1. The number of halogens is 1. The van der Waals surface area contributed by atoms with Crippen molar-refractivity contribution in [2.24, 2.45) is 0 Å². The number of benzene rings is 1. The molecule has 0 fully saturated rings. The first-order chi connectivity index (χ1) is 11.1. The van der Waals surface area contributed by atoms with Crippen LogP contribution in [0.2, 0.25) is 5.02 Å². The summed E-state index contributed by atoms with van der Waals surface area (Å²) in [6, 6.07) is 5.57. The Bertz CT molecular complexity index is 846. The van der Waals surface area contributed by atoms with Crippen LogP contribution in [-0.4, -0.2) is 26.7 Å². The summed E-state index contributed by atoms with van der Waals surface area (Å²) >= 11 is 6.21.